The van der Waals surface area contributed by atoms with Crippen molar-refractivity contribution in [2.45, 2.75) is 13.1 Å². The van der Waals surface area contributed by atoms with Crippen LogP contribution < -0.4 is 0 Å². The minimum atomic E-state index is -4.62. The number of esters is 1. The van der Waals surface area contributed by atoms with E-state index >= 15 is 0 Å². The van der Waals surface area contributed by atoms with Gasteiger partial charge in [-0.3, -0.25) is 4.57 Å². The molecule has 0 aliphatic carbocycles. The molecular weight excluding hydrogens is 413 g/mol. The van der Waals surface area contributed by atoms with Crippen molar-refractivity contribution < 1.29 is 22.7 Å². The lowest BCUT2D eigenvalue weighted by atomic mass is 10.2. The van der Waals surface area contributed by atoms with Crippen LogP contribution in [0.4, 0.5) is 13.2 Å². The number of rotatable bonds is 2. The smallest absolute Gasteiger partial charge is 0.416 e. The fourth-order valence-corrected chi connectivity index (χ4v) is 3.45. The highest BCUT2D eigenvalue weighted by Crippen LogP contribution is 2.42. The molecule has 0 fully saturated rings. The molecule has 0 aliphatic rings. The predicted octanol–water partition coefficient (Wildman–Crippen LogP) is 6.20. The zero-order chi connectivity index (χ0) is 18.4. The summed E-state index contributed by atoms with van der Waals surface area (Å²) in [5.74, 6) is -0.752. The topological polar surface area (TPSA) is 31.2 Å². The molecule has 130 valence electrons. The number of carbonyl (C=O) groups is 1. The van der Waals surface area contributed by atoms with E-state index in [0.29, 0.717) is 12.1 Å². The number of halogens is 7. The number of benzene rings is 1. The van der Waals surface area contributed by atoms with E-state index in [1.165, 1.54) is 6.92 Å². The van der Waals surface area contributed by atoms with Crippen molar-refractivity contribution in [1.82, 2.24) is 4.57 Å². The van der Waals surface area contributed by atoms with Crippen molar-refractivity contribution in [2.24, 2.45) is 0 Å². The fourth-order valence-electron chi connectivity index (χ4n) is 2.10. The molecule has 0 radical (unpaired) electrons. The average Bonchev–Trinajstić information content (AvgIpc) is 2.68. The normalized spacial score (nSPS) is 11.7. The highest BCUT2D eigenvalue weighted by atomic mass is 35.5. The van der Waals surface area contributed by atoms with Gasteiger partial charge in [-0.15, -0.1) is 0 Å². The molecule has 0 aliphatic heterocycles. The van der Waals surface area contributed by atoms with E-state index in [0.717, 1.165) is 11.7 Å². The van der Waals surface area contributed by atoms with Crippen LogP contribution in [0, 0.1) is 6.92 Å². The largest absolute Gasteiger partial charge is 0.465 e. The molecule has 10 heteroatoms. The first kappa shape index (κ1) is 19.2. The molecule has 0 bridgehead atoms. The van der Waals surface area contributed by atoms with E-state index in [1.54, 1.807) is 0 Å². The Labute approximate surface area is 154 Å². The lowest BCUT2D eigenvalue weighted by Gasteiger charge is -2.15. The van der Waals surface area contributed by atoms with Crippen molar-refractivity contribution >= 4 is 52.4 Å². The number of nitrogens with zero attached hydrogens (tertiary/aromatic N) is 1. The maximum atomic E-state index is 12.8. The number of alkyl halides is 3. The molecule has 2 aromatic rings. The Morgan fingerprint density at radius 1 is 1.08 bits per heavy atom. The molecule has 0 atom stereocenters. The van der Waals surface area contributed by atoms with E-state index in [2.05, 4.69) is 4.74 Å². The Balaban J connectivity index is 2.77. The number of ether oxygens (including phenoxy) is 1. The van der Waals surface area contributed by atoms with E-state index < -0.39 is 17.7 Å². The molecule has 0 N–H and O–H groups in total. The number of hydrogen-bond acceptors (Lipinski definition) is 2. The Morgan fingerprint density at radius 3 is 2.00 bits per heavy atom. The molecule has 0 unspecified atom stereocenters. The van der Waals surface area contributed by atoms with Crippen LogP contribution in [0.25, 0.3) is 5.69 Å². The summed E-state index contributed by atoms with van der Waals surface area (Å²) in [6, 6.07) is 1.39. The van der Waals surface area contributed by atoms with Crippen LogP contribution >= 0.6 is 46.4 Å². The third kappa shape index (κ3) is 3.20. The minimum absolute atomic E-state index is 0.0241. The van der Waals surface area contributed by atoms with Gasteiger partial charge in [-0.2, -0.15) is 13.2 Å². The number of methoxy groups -OCH3 is 1. The second-order valence-corrected chi connectivity index (χ2v) is 6.23. The Kier molecular flexibility index (Phi) is 5.35. The Bertz CT molecular complexity index is 807. The molecule has 0 spiro atoms. The second-order valence-electron chi connectivity index (χ2n) is 4.69. The standard InChI is InChI=1S/C14H8Cl4F3NO2/c1-5-9(13(23)24-2)12(18)22(11(5)17)10-7(15)3-6(4-8(10)16)14(19,20)21/h3-4H,1-2H3. The second kappa shape index (κ2) is 6.67. The van der Waals surface area contributed by atoms with Crippen LogP contribution in [0.5, 0.6) is 0 Å². The molecule has 0 saturated carbocycles. The quantitative estimate of drug-likeness (QED) is 0.541. The lowest BCUT2D eigenvalue weighted by molar-refractivity contribution is -0.137. The van der Waals surface area contributed by atoms with Gasteiger partial charge >= 0.3 is 12.1 Å². The maximum Gasteiger partial charge on any atom is 0.416 e. The summed E-state index contributed by atoms with van der Waals surface area (Å²) >= 11 is 24.2. The third-order valence-electron chi connectivity index (χ3n) is 3.24. The summed E-state index contributed by atoms with van der Waals surface area (Å²) in [6.07, 6.45) is -4.62. The van der Waals surface area contributed by atoms with E-state index in [1.807, 2.05) is 0 Å². The summed E-state index contributed by atoms with van der Waals surface area (Å²) in [6.45, 7) is 1.50. The first-order valence-electron chi connectivity index (χ1n) is 6.21. The summed E-state index contributed by atoms with van der Waals surface area (Å²) < 4.78 is 44.2. The van der Waals surface area contributed by atoms with Crippen LogP contribution in [0.15, 0.2) is 12.1 Å². The third-order valence-corrected chi connectivity index (χ3v) is 4.63. The summed E-state index contributed by atoms with van der Waals surface area (Å²) in [5, 5.41) is -0.855. The molecule has 24 heavy (non-hydrogen) atoms. The molecular formula is C14H8Cl4F3NO2. The summed E-state index contributed by atoms with van der Waals surface area (Å²) in [4.78, 5) is 11.8. The van der Waals surface area contributed by atoms with E-state index in [-0.39, 0.29) is 37.2 Å². The molecule has 1 aromatic carbocycles. The van der Waals surface area contributed by atoms with Crippen molar-refractivity contribution in [3.63, 3.8) is 0 Å². The molecule has 0 amide bonds. The van der Waals surface area contributed by atoms with Gasteiger partial charge in [0.25, 0.3) is 0 Å². The Hall–Kier alpha value is -1.08. The van der Waals surface area contributed by atoms with E-state index in [4.69, 9.17) is 46.4 Å². The molecule has 1 aromatic heterocycles. The van der Waals surface area contributed by atoms with Crippen molar-refractivity contribution in [2.75, 3.05) is 7.11 Å². The van der Waals surface area contributed by atoms with Gasteiger partial charge in [0, 0.05) is 5.56 Å². The van der Waals surface area contributed by atoms with Crippen LogP contribution in [0.2, 0.25) is 20.4 Å². The molecule has 0 saturated heterocycles. The summed E-state index contributed by atoms with van der Waals surface area (Å²) in [7, 11) is 1.15. The lowest BCUT2D eigenvalue weighted by Crippen LogP contribution is -2.07. The van der Waals surface area contributed by atoms with E-state index in [9.17, 15) is 18.0 Å². The maximum absolute atomic E-state index is 12.8. The number of hydrogen-bond donors (Lipinski definition) is 0. The predicted molar refractivity (Wildman–Crippen MR) is 86.9 cm³/mol. The van der Waals surface area contributed by atoms with Crippen LogP contribution in [0.1, 0.15) is 21.5 Å². The first-order chi connectivity index (χ1) is 11.0. The zero-order valence-electron chi connectivity index (χ0n) is 12.1. The zero-order valence-corrected chi connectivity index (χ0v) is 15.1. The van der Waals surface area contributed by atoms with Crippen LogP contribution in [-0.2, 0) is 10.9 Å². The van der Waals surface area contributed by atoms with Gasteiger partial charge in [-0.25, -0.2) is 4.79 Å². The van der Waals surface area contributed by atoms with Crippen molar-refractivity contribution in [3.8, 4) is 5.69 Å². The molecule has 1 heterocycles. The SMILES string of the molecule is COC(=O)c1c(C)c(Cl)n(-c2c(Cl)cc(C(F)(F)F)cc2Cl)c1Cl. The molecule has 2 rings (SSSR count). The fraction of sp³-hybridized carbons (Fsp3) is 0.214. The van der Waals surface area contributed by atoms with Gasteiger partial charge in [0.1, 0.15) is 15.9 Å². The molecule has 3 nitrogen and oxygen atoms in total. The Morgan fingerprint density at radius 2 is 1.58 bits per heavy atom. The van der Waals surface area contributed by atoms with Gasteiger partial charge in [0.2, 0.25) is 0 Å². The van der Waals surface area contributed by atoms with Gasteiger partial charge in [-0.05, 0) is 19.1 Å². The highest BCUT2D eigenvalue weighted by Gasteiger charge is 2.33. The van der Waals surface area contributed by atoms with Gasteiger partial charge < -0.3 is 4.74 Å². The highest BCUT2D eigenvalue weighted by molar-refractivity contribution is 6.40. The minimum Gasteiger partial charge on any atom is -0.465 e. The van der Waals surface area contributed by atoms with Gasteiger partial charge in [0.05, 0.1) is 28.4 Å². The van der Waals surface area contributed by atoms with Crippen LogP contribution in [0.3, 0.4) is 0 Å². The monoisotopic (exact) mass is 419 g/mol. The summed E-state index contributed by atoms with van der Waals surface area (Å²) in [5.41, 5.74) is -0.845. The number of carbonyl (C=O) groups excluding carboxylic acids is 1. The van der Waals surface area contributed by atoms with Crippen LogP contribution in [-0.4, -0.2) is 17.6 Å². The first-order valence-corrected chi connectivity index (χ1v) is 7.73. The van der Waals surface area contributed by atoms with Crippen molar-refractivity contribution in [3.05, 3.63) is 49.2 Å². The van der Waals surface area contributed by atoms with Gasteiger partial charge in [0.15, 0.2) is 0 Å². The van der Waals surface area contributed by atoms with Gasteiger partial charge in [-0.1, -0.05) is 46.4 Å². The average molecular weight is 421 g/mol. The van der Waals surface area contributed by atoms with Crippen molar-refractivity contribution in [1.29, 1.82) is 0 Å². The number of aromatic nitrogens is 1.